The van der Waals surface area contributed by atoms with Crippen molar-refractivity contribution in [1.82, 2.24) is 19.8 Å². The number of fused-ring (bicyclic) bond motifs is 1. The van der Waals surface area contributed by atoms with Gasteiger partial charge < -0.3 is 14.8 Å². The maximum Gasteiger partial charge on any atom is 0.272 e. The van der Waals surface area contributed by atoms with Crippen LogP contribution in [0, 0.1) is 12.8 Å². The van der Waals surface area contributed by atoms with Crippen LogP contribution in [0.15, 0.2) is 23.0 Å². The molecule has 1 atom stereocenters. The molecule has 0 saturated carbocycles. The normalized spacial score (nSPS) is 12.8. The summed E-state index contributed by atoms with van der Waals surface area (Å²) in [7, 11) is 4.03. The van der Waals surface area contributed by atoms with E-state index in [1.807, 2.05) is 21.0 Å². The third-order valence-corrected chi connectivity index (χ3v) is 4.59. The van der Waals surface area contributed by atoms with Crippen LogP contribution < -0.4 is 10.9 Å². The zero-order valence-electron chi connectivity index (χ0n) is 16.0. The van der Waals surface area contributed by atoms with Gasteiger partial charge in [-0.3, -0.25) is 9.59 Å². The molecule has 1 N–H and O–H groups in total. The molecule has 0 saturated heterocycles. The summed E-state index contributed by atoms with van der Waals surface area (Å²) in [5.74, 6) is 0.318. The summed E-state index contributed by atoms with van der Waals surface area (Å²) in [5, 5.41) is 3.00. The van der Waals surface area contributed by atoms with Gasteiger partial charge in [0.2, 0.25) is 0 Å². The van der Waals surface area contributed by atoms with E-state index in [2.05, 4.69) is 29.0 Å². The number of hydrogen-bond acceptors (Lipinski definition) is 4. The Morgan fingerprint density at radius 3 is 2.56 bits per heavy atom. The molecule has 0 radical (unpaired) electrons. The summed E-state index contributed by atoms with van der Waals surface area (Å²) in [6.45, 7) is 9.07. The smallest absolute Gasteiger partial charge is 0.272 e. The zero-order chi connectivity index (χ0) is 18.7. The predicted octanol–water partition coefficient (Wildman–Crippen LogP) is 2.04. The van der Waals surface area contributed by atoms with E-state index in [4.69, 9.17) is 0 Å². The molecule has 136 valence electrons. The van der Waals surface area contributed by atoms with E-state index >= 15 is 0 Å². The second-order valence-electron chi connectivity index (χ2n) is 6.94. The summed E-state index contributed by atoms with van der Waals surface area (Å²) in [5.41, 5.74) is 2.34. The van der Waals surface area contributed by atoms with E-state index in [1.54, 1.807) is 29.7 Å². The van der Waals surface area contributed by atoms with Crippen LogP contribution in [0.3, 0.4) is 0 Å². The van der Waals surface area contributed by atoms with Crippen LogP contribution >= 0.6 is 0 Å². The van der Waals surface area contributed by atoms with Gasteiger partial charge >= 0.3 is 0 Å². The van der Waals surface area contributed by atoms with Gasteiger partial charge in [0.1, 0.15) is 5.69 Å². The summed E-state index contributed by atoms with van der Waals surface area (Å²) in [4.78, 5) is 31.2. The lowest BCUT2D eigenvalue weighted by molar-refractivity contribution is 0.0935. The number of hydrogen-bond donors (Lipinski definition) is 1. The van der Waals surface area contributed by atoms with Crippen LogP contribution in [-0.4, -0.2) is 47.0 Å². The van der Waals surface area contributed by atoms with Crippen LogP contribution in [0.1, 0.15) is 36.8 Å². The Bertz CT molecular complexity index is 816. The van der Waals surface area contributed by atoms with Crippen molar-refractivity contribution in [2.45, 2.75) is 40.3 Å². The van der Waals surface area contributed by atoms with Crippen LogP contribution in [0.2, 0.25) is 0 Å². The molecule has 0 fully saturated rings. The van der Waals surface area contributed by atoms with Gasteiger partial charge in [-0.05, 0) is 52.1 Å². The third-order valence-electron chi connectivity index (χ3n) is 4.59. The quantitative estimate of drug-likeness (QED) is 0.871. The maximum atomic E-state index is 12.5. The largest absolute Gasteiger partial charge is 0.350 e. The van der Waals surface area contributed by atoms with Gasteiger partial charge in [-0.15, -0.1) is 0 Å². The van der Waals surface area contributed by atoms with Gasteiger partial charge in [-0.2, -0.15) is 0 Å². The minimum absolute atomic E-state index is 0.0852. The fourth-order valence-electron chi connectivity index (χ4n) is 3.14. The summed E-state index contributed by atoms with van der Waals surface area (Å²) in [6.07, 6.45) is 0. The van der Waals surface area contributed by atoms with Crippen molar-refractivity contribution in [2.24, 2.45) is 5.92 Å². The monoisotopic (exact) mass is 344 g/mol. The number of aryl methyl sites for hydroxylation is 2. The number of nitrogens with zero attached hydrogens (tertiary/aromatic N) is 3. The Morgan fingerprint density at radius 2 is 2.00 bits per heavy atom. The Balaban J connectivity index is 2.28. The number of nitrogens with one attached hydrogen (secondary N) is 1. The van der Waals surface area contributed by atoms with Crippen molar-refractivity contribution in [3.8, 4) is 0 Å². The molecule has 2 aromatic rings. The molecule has 2 rings (SSSR count). The molecule has 1 amide bonds. The Kier molecular flexibility index (Phi) is 5.95. The maximum absolute atomic E-state index is 12.5. The first-order valence-corrected chi connectivity index (χ1v) is 8.72. The molecule has 0 unspecified atom stereocenters. The first-order valence-electron chi connectivity index (χ1n) is 8.72. The van der Waals surface area contributed by atoms with Crippen LogP contribution in [0.4, 0.5) is 0 Å². The fraction of sp³-hybridized carbons (Fsp3) is 0.526. The van der Waals surface area contributed by atoms with E-state index in [-0.39, 0.29) is 17.5 Å². The molecular weight excluding hydrogens is 316 g/mol. The number of benzene rings is 1. The molecule has 0 aliphatic heterocycles. The number of amides is 1. The Labute approximate surface area is 148 Å². The minimum atomic E-state index is -0.122. The number of carbonyl (C=O) groups excluding carboxylic acids is 1. The molecule has 0 spiro atoms. The summed E-state index contributed by atoms with van der Waals surface area (Å²) in [6, 6.07) is 5.58. The van der Waals surface area contributed by atoms with Crippen LogP contribution in [0.5, 0.6) is 0 Å². The molecule has 1 aromatic heterocycles. The minimum Gasteiger partial charge on any atom is -0.350 e. The van der Waals surface area contributed by atoms with E-state index < -0.39 is 0 Å². The molecule has 6 heteroatoms. The molecule has 6 nitrogen and oxygen atoms in total. The molecule has 0 aliphatic carbocycles. The van der Waals surface area contributed by atoms with Crippen LogP contribution in [0.25, 0.3) is 11.0 Å². The molecular formula is C19H28N4O2. The highest BCUT2D eigenvalue weighted by Crippen LogP contribution is 2.14. The van der Waals surface area contributed by atoms with Crippen molar-refractivity contribution in [3.63, 3.8) is 0 Å². The van der Waals surface area contributed by atoms with Gasteiger partial charge in [-0.1, -0.05) is 13.8 Å². The van der Waals surface area contributed by atoms with Crippen molar-refractivity contribution in [1.29, 1.82) is 0 Å². The van der Waals surface area contributed by atoms with E-state index in [0.29, 0.717) is 35.8 Å². The molecule has 0 bridgehead atoms. The number of likely N-dealkylation sites (N-methyl/N-ethyl adjacent to an activating group) is 1. The van der Waals surface area contributed by atoms with Crippen molar-refractivity contribution in [2.75, 3.05) is 20.6 Å². The topological polar surface area (TPSA) is 67.2 Å². The predicted molar refractivity (Wildman–Crippen MR) is 101 cm³/mol. The lowest BCUT2D eigenvalue weighted by atomic mass is 10.0. The lowest BCUT2D eigenvalue weighted by Gasteiger charge is -2.28. The third kappa shape index (κ3) is 4.07. The second kappa shape index (κ2) is 7.78. The lowest BCUT2D eigenvalue weighted by Crippen LogP contribution is -2.43. The molecule has 1 aromatic carbocycles. The highest BCUT2D eigenvalue weighted by molar-refractivity contribution is 5.97. The van der Waals surface area contributed by atoms with Crippen molar-refractivity contribution >= 4 is 16.9 Å². The molecule has 1 heterocycles. The average molecular weight is 344 g/mol. The Morgan fingerprint density at radius 1 is 1.32 bits per heavy atom. The van der Waals surface area contributed by atoms with Gasteiger partial charge in [0.25, 0.3) is 11.5 Å². The Hall–Kier alpha value is -2.21. The second-order valence-corrected chi connectivity index (χ2v) is 6.94. The van der Waals surface area contributed by atoms with E-state index in [9.17, 15) is 9.59 Å². The average Bonchev–Trinajstić information content (AvgIpc) is 2.55. The number of carbonyl (C=O) groups is 1. The van der Waals surface area contributed by atoms with Gasteiger partial charge in [-0.25, -0.2) is 4.98 Å². The number of aromatic nitrogens is 2. The highest BCUT2D eigenvalue weighted by Gasteiger charge is 2.17. The van der Waals surface area contributed by atoms with Gasteiger partial charge in [0.15, 0.2) is 0 Å². The number of rotatable bonds is 6. The van der Waals surface area contributed by atoms with Gasteiger partial charge in [0, 0.05) is 24.7 Å². The van der Waals surface area contributed by atoms with E-state index in [1.165, 1.54) is 0 Å². The summed E-state index contributed by atoms with van der Waals surface area (Å²) < 4.78 is 1.68. The first-order chi connectivity index (χ1) is 11.8. The highest BCUT2D eigenvalue weighted by atomic mass is 16.1. The standard InChI is InChI=1S/C19H28N4O2/c1-7-23-16-9-8-14(10-15(16)21-13(4)19(23)25)18(24)20-11-17(12(2)3)22(5)6/h8-10,12,17H,7,11H2,1-6H3,(H,20,24)/t17-/m1/s1. The van der Waals surface area contributed by atoms with Gasteiger partial charge in [0.05, 0.1) is 11.0 Å². The SMILES string of the molecule is CCn1c(=O)c(C)nc2cc(C(=O)NC[C@H](C(C)C)N(C)C)ccc21. The van der Waals surface area contributed by atoms with Crippen LogP contribution in [-0.2, 0) is 6.54 Å². The van der Waals surface area contributed by atoms with Crippen molar-refractivity contribution in [3.05, 3.63) is 39.8 Å². The molecule has 0 aliphatic rings. The van der Waals surface area contributed by atoms with Crippen molar-refractivity contribution < 1.29 is 4.79 Å². The summed E-state index contributed by atoms with van der Waals surface area (Å²) >= 11 is 0. The molecule has 25 heavy (non-hydrogen) atoms. The van der Waals surface area contributed by atoms with E-state index in [0.717, 1.165) is 5.52 Å². The fourth-order valence-corrected chi connectivity index (χ4v) is 3.14. The first kappa shape index (κ1) is 19.1. The zero-order valence-corrected chi connectivity index (χ0v) is 16.0.